The van der Waals surface area contributed by atoms with Crippen molar-refractivity contribution in [3.63, 3.8) is 0 Å². The maximum atomic E-state index is 12.7. The molecule has 0 atom stereocenters. The van der Waals surface area contributed by atoms with Gasteiger partial charge in [0.1, 0.15) is 11.6 Å². The zero-order valence-electron chi connectivity index (χ0n) is 15.5. The number of aromatic nitrogens is 3. The van der Waals surface area contributed by atoms with Crippen molar-refractivity contribution in [2.75, 3.05) is 5.32 Å². The first kappa shape index (κ1) is 17.4. The van der Waals surface area contributed by atoms with Gasteiger partial charge in [-0.15, -0.1) is 0 Å². The lowest BCUT2D eigenvalue weighted by atomic mass is 10.1. The van der Waals surface area contributed by atoms with E-state index in [1.807, 2.05) is 56.3 Å². The van der Waals surface area contributed by atoms with Crippen LogP contribution in [0.15, 0.2) is 60.8 Å². The van der Waals surface area contributed by atoms with Gasteiger partial charge in [-0.3, -0.25) is 4.79 Å². The summed E-state index contributed by atoms with van der Waals surface area (Å²) in [5, 5.41) is 17.6. The Morgan fingerprint density at radius 3 is 2.61 bits per heavy atom. The minimum atomic E-state index is -0.309. The second-order valence-electron chi connectivity index (χ2n) is 6.57. The Labute approximate surface area is 162 Å². The van der Waals surface area contributed by atoms with Gasteiger partial charge in [-0.05, 0) is 43.7 Å². The lowest BCUT2D eigenvalue weighted by molar-refractivity contribution is 0.102. The minimum absolute atomic E-state index is 0.271. The number of fused-ring (bicyclic) bond motifs is 1. The molecule has 2 heterocycles. The highest BCUT2D eigenvalue weighted by Gasteiger charge is 2.17. The molecule has 0 spiro atoms. The van der Waals surface area contributed by atoms with Crippen LogP contribution >= 0.6 is 0 Å². The molecule has 0 bridgehead atoms. The molecule has 0 saturated carbocycles. The van der Waals surface area contributed by atoms with E-state index >= 15 is 0 Å². The predicted molar refractivity (Wildman–Crippen MR) is 107 cm³/mol. The molecule has 28 heavy (non-hydrogen) atoms. The molecule has 0 radical (unpaired) electrons. The summed E-state index contributed by atoms with van der Waals surface area (Å²) in [7, 11) is 0. The lowest BCUT2D eigenvalue weighted by Crippen LogP contribution is -2.16. The summed E-state index contributed by atoms with van der Waals surface area (Å²) in [6.07, 6.45) is 1.43. The Morgan fingerprint density at radius 2 is 1.86 bits per heavy atom. The van der Waals surface area contributed by atoms with Gasteiger partial charge < -0.3 is 5.32 Å². The van der Waals surface area contributed by atoms with Crippen LogP contribution < -0.4 is 5.32 Å². The van der Waals surface area contributed by atoms with Crippen molar-refractivity contribution in [1.82, 2.24) is 14.8 Å². The first-order valence-electron chi connectivity index (χ1n) is 8.80. The molecule has 1 N–H and O–H groups in total. The van der Waals surface area contributed by atoms with E-state index in [2.05, 4.69) is 21.5 Å². The summed E-state index contributed by atoms with van der Waals surface area (Å²) in [5.41, 5.74) is 3.70. The molecule has 6 nitrogen and oxygen atoms in total. The third kappa shape index (κ3) is 3.10. The first-order valence-corrected chi connectivity index (χ1v) is 8.80. The normalized spacial score (nSPS) is 10.6. The van der Waals surface area contributed by atoms with E-state index in [4.69, 9.17) is 0 Å². The fraction of sp³-hybridized carbons (Fsp3) is 0.0909. The van der Waals surface area contributed by atoms with Crippen LogP contribution in [0.4, 0.5) is 5.82 Å². The number of aryl methyl sites for hydroxylation is 2. The number of nitrogens with zero attached hydrogens (tertiary/aromatic N) is 4. The monoisotopic (exact) mass is 367 g/mol. The Balaban J connectivity index is 1.78. The highest BCUT2D eigenvalue weighted by atomic mass is 16.1. The molecule has 4 aromatic rings. The van der Waals surface area contributed by atoms with Crippen LogP contribution in [0.5, 0.6) is 0 Å². The zero-order valence-corrected chi connectivity index (χ0v) is 15.5. The van der Waals surface area contributed by atoms with E-state index in [0.29, 0.717) is 17.2 Å². The summed E-state index contributed by atoms with van der Waals surface area (Å²) < 4.78 is 1.49. The average Bonchev–Trinajstić information content (AvgIpc) is 3.11. The second kappa shape index (κ2) is 6.97. The number of pyridine rings is 1. The fourth-order valence-electron chi connectivity index (χ4n) is 3.05. The molecular weight excluding hydrogens is 350 g/mol. The van der Waals surface area contributed by atoms with Gasteiger partial charge in [0, 0.05) is 10.9 Å². The molecule has 136 valence electrons. The van der Waals surface area contributed by atoms with Crippen molar-refractivity contribution in [3.8, 4) is 11.9 Å². The molecule has 0 fully saturated rings. The molecule has 6 heteroatoms. The molecule has 2 aromatic heterocycles. The highest BCUT2D eigenvalue weighted by molar-refractivity contribution is 6.04. The number of benzene rings is 2. The molecule has 0 aliphatic rings. The van der Waals surface area contributed by atoms with E-state index in [1.54, 1.807) is 12.1 Å². The Hall–Kier alpha value is -3.98. The van der Waals surface area contributed by atoms with Gasteiger partial charge in [-0.2, -0.15) is 15.0 Å². The number of carbonyl (C=O) groups is 1. The standard InChI is InChI=1S/C22H17N5O/c1-14-7-9-16(10-8-14)22(28)26-21-17(12-23)13-24-27(21)20-11-15(2)18-5-3-4-6-19(18)25-20/h3-11,13H,1-2H3,(H,26,28). The summed E-state index contributed by atoms with van der Waals surface area (Å²) in [4.78, 5) is 17.3. The molecule has 0 saturated heterocycles. The number of para-hydroxylation sites is 1. The zero-order chi connectivity index (χ0) is 19.7. The molecular formula is C22H17N5O. The quantitative estimate of drug-likeness (QED) is 0.589. The molecule has 1 amide bonds. The van der Waals surface area contributed by atoms with E-state index in [1.165, 1.54) is 10.9 Å². The van der Waals surface area contributed by atoms with Gasteiger partial charge in [0.25, 0.3) is 5.91 Å². The molecule has 4 rings (SSSR count). The number of amides is 1. The van der Waals surface area contributed by atoms with E-state index in [0.717, 1.165) is 22.0 Å². The summed E-state index contributed by atoms with van der Waals surface area (Å²) in [6, 6.07) is 19.0. The second-order valence-corrected chi connectivity index (χ2v) is 6.57. The number of nitriles is 1. The summed E-state index contributed by atoms with van der Waals surface area (Å²) in [6.45, 7) is 3.95. The number of nitrogens with one attached hydrogen (secondary N) is 1. The molecule has 0 unspecified atom stereocenters. The van der Waals surface area contributed by atoms with Gasteiger partial charge >= 0.3 is 0 Å². The maximum absolute atomic E-state index is 12.7. The van der Waals surface area contributed by atoms with Crippen molar-refractivity contribution in [1.29, 1.82) is 5.26 Å². The highest BCUT2D eigenvalue weighted by Crippen LogP contribution is 2.24. The van der Waals surface area contributed by atoms with Crippen molar-refractivity contribution in [2.24, 2.45) is 0 Å². The van der Waals surface area contributed by atoms with Crippen LogP contribution in [-0.4, -0.2) is 20.7 Å². The smallest absolute Gasteiger partial charge is 0.256 e. The largest absolute Gasteiger partial charge is 0.305 e. The van der Waals surface area contributed by atoms with Gasteiger partial charge in [0.05, 0.1) is 11.7 Å². The van der Waals surface area contributed by atoms with Gasteiger partial charge in [0.15, 0.2) is 11.6 Å². The topological polar surface area (TPSA) is 83.6 Å². The fourth-order valence-corrected chi connectivity index (χ4v) is 3.05. The van der Waals surface area contributed by atoms with Crippen molar-refractivity contribution in [3.05, 3.63) is 83.0 Å². The van der Waals surface area contributed by atoms with Crippen LogP contribution in [-0.2, 0) is 0 Å². The van der Waals surface area contributed by atoms with Crippen molar-refractivity contribution in [2.45, 2.75) is 13.8 Å². The van der Waals surface area contributed by atoms with Crippen LogP contribution in [0.25, 0.3) is 16.7 Å². The number of anilines is 1. The number of hydrogen-bond acceptors (Lipinski definition) is 4. The Morgan fingerprint density at radius 1 is 1.11 bits per heavy atom. The number of carbonyl (C=O) groups excluding carboxylic acids is 1. The van der Waals surface area contributed by atoms with E-state index in [-0.39, 0.29) is 11.5 Å². The minimum Gasteiger partial charge on any atom is -0.305 e. The molecule has 0 aliphatic carbocycles. The van der Waals surface area contributed by atoms with Crippen LogP contribution in [0.1, 0.15) is 27.0 Å². The Kier molecular flexibility index (Phi) is 4.34. The van der Waals surface area contributed by atoms with Gasteiger partial charge in [0.2, 0.25) is 0 Å². The predicted octanol–water partition coefficient (Wildman–Crippen LogP) is 4.16. The lowest BCUT2D eigenvalue weighted by Gasteiger charge is -2.11. The number of hydrogen-bond donors (Lipinski definition) is 1. The summed E-state index contributed by atoms with van der Waals surface area (Å²) >= 11 is 0. The van der Waals surface area contributed by atoms with Crippen molar-refractivity contribution >= 4 is 22.6 Å². The van der Waals surface area contributed by atoms with E-state index in [9.17, 15) is 10.1 Å². The van der Waals surface area contributed by atoms with Crippen LogP contribution in [0, 0.1) is 25.2 Å². The molecule has 0 aliphatic heterocycles. The molecule has 2 aromatic carbocycles. The van der Waals surface area contributed by atoms with Gasteiger partial charge in [-0.25, -0.2) is 4.98 Å². The Bertz CT molecular complexity index is 1230. The van der Waals surface area contributed by atoms with Crippen LogP contribution in [0.2, 0.25) is 0 Å². The SMILES string of the molecule is Cc1ccc(C(=O)Nc2c(C#N)cnn2-c2cc(C)c3ccccc3n2)cc1. The van der Waals surface area contributed by atoms with Gasteiger partial charge in [-0.1, -0.05) is 35.9 Å². The van der Waals surface area contributed by atoms with Crippen LogP contribution in [0.3, 0.4) is 0 Å². The average molecular weight is 367 g/mol. The van der Waals surface area contributed by atoms with Crippen molar-refractivity contribution < 1.29 is 4.79 Å². The maximum Gasteiger partial charge on any atom is 0.256 e. The third-order valence-electron chi connectivity index (χ3n) is 4.56. The van der Waals surface area contributed by atoms with E-state index < -0.39 is 0 Å². The summed E-state index contributed by atoms with van der Waals surface area (Å²) in [5.74, 6) is 0.530. The first-order chi connectivity index (χ1) is 13.6. The number of rotatable bonds is 3. The third-order valence-corrected chi connectivity index (χ3v) is 4.56.